The molecule has 6 heteroatoms. The maximum atomic E-state index is 12.5. The molecule has 2 aromatic rings. The second-order valence-corrected chi connectivity index (χ2v) is 8.71. The van der Waals surface area contributed by atoms with Gasteiger partial charge in [-0.05, 0) is 55.2 Å². The van der Waals surface area contributed by atoms with Crippen molar-refractivity contribution in [3.05, 3.63) is 64.7 Å². The van der Waals surface area contributed by atoms with Crippen LogP contribution in [0.2, 0.25) is 0 Å². The molecule has 0 unspecified atom stereocenters. The van der Waals surface area contributed by atoms with Crippen LogP contribution in [0.3, 0.4) is 0 Å². The Morgan fingerprint density at radius 1 is 1.19 bits per heavy atom. The van der Waals surface area contributed by atoms with Gasteiger partial charge in [0.1, 0.15) is 0 Å². The van der Waals surface area contributed by atoms with Crippen LogP contribution < -0.4 is 5.32 Å². The zero-order valence-corrected chi connectivity index (χ0v) is 15.8. The third-order valence-electron chi connectivity index (χ3n) is 4.71. The summed E-state index contributed by atoms with van der Waals surface area (Å²) in [5, 5.41) is 3.05. The number of amides is 1. The molecule has 2 aromatic carbocycles. The van der Waals surface area contributed by atoms with Crippen molar-refractivity contribution in [2.24, 2.45) is 0 Å². The Morgan fingerprint density at radius 3 is 2.62 bits per heavy atom. The molecule has 0 bridgehead atoms. The summed E-state index contributed by atoms with van der Waals surface area (Å²) in [6, 6.07) is 12.4. The van der Waals surface area contributed by atoms with E-state index in [0.717, 1.165) is 12.8 Å². The highest BCUT2D eigenvalue weighted by Gasteiger charge is 2.24. The van der Waals surface area contributed by atoms with E-state index < -0.39 is 9.84 Å². The van der Waals surface area contributed by atoms with E-state index in [2.05, 4.69) is 30.4 Å². The van der Waals surface area contributed by atoms with Gasteiger partial charge in [-0.2, -0.15) is 0 Å². The fourth-order valence-corrected chi connectivity index (χ4v) is 4.43. The van der Waals surface area contributed by atoms with Gasteiger partial charge in [0.25, 0.3) is 5.91 Å². The smallest absolute Gasteiger partial charge is 0.251 e. The van der Waals surface area contributed by atoms with Crippen LogP contribution in [0.1, 0.15) is 39.5 Å². The number of methoxy groups -OCH3 is 1. The van der Waals surface area contributed by atoms with Gasteiger partial charge in [-0.3, -0.25) is 4.79 Å². The molecule has 1 aliphatic rings. The van der Waals surface area contributed by atoms with Crippen molar-refractivity contribution in [3.63, 3.8) is 0 Å². The van der Waals surface area contributed by atoms with Crippen LogP contribution in [0.4, 0.5) is 0 Å². The summed E-state index contributed by atoms with van der Waals surface area (Å²) in [6.07, 6.45) is 1.84. The molecule has 5 nitrogen and oxygen atoms in total. The maximum Gasteiger partial charge on any atom is 0.251 e. The van der Waals surface area contributed by atoms with E-state index >= 15 is 0 Å². The fraction of sp³-hybridized carbons (Fsp3) is 0.350. The van der Waals surface area contributed by atoms with Gasteiger partial charge in [0, 0.05) is 12.7 Å². The predicted octanol–water partition coefficient (Wildman–Crippen LogP) is 2.83. The van der Waals surface area contributed by atoms with E-state index in [-0.39, 0.29) is 29.2 Å². The number of benzene rings is 2. The van der Waals surface area contributed by atoms with Gasteiger partial charge in [-0.1, -0.05) is 23.8 Å². The average molecular weight is 373 g/mol. The van der Waals surface area contributed by atoms with Crippen molar-refractivity contribution < 1.29 is 17.9 Å². The first-order valence-electron chi connectivity index (χ1n) is 8.63. The van der Waals surface area contributed by atoms with E-state index in [1.807, 2.05) is 0 Å². The highest BCUT2D eigenvalue weighted by molar-refractivity contribution is 7.91. The number of carbonyl (C=O) groups is 1. The Labute approximate surface area is 154 Å². The van der Waals surface area contributed by atoms with Crippen LogP contribution >= 0.6 is 0 Å². The van der Waals surface area contributed by atoms with Crippen molar-refractivity contribution in [1.29, 1.82) is 0 Å². The Bertz CT molecular complexity index is 904. The summed E-state index contributed by atoms with van der Waals surface area (Å²) in [5.74, 6) is -0.267. The molecule has 3 rings (SSSR count). The van der Waals surface area contributed by atoms with Crippen LogP contribution in [0.15, 0.2) is 47.4 Å². The molecule has 0 radical (unpaired) electrons. The maximum absolute atomic E-state index is 12.5. The minimum absolute atomic E-state index is 0.00297. The van der Waals surface area contributed by atoms with Crippen molar-refractivity contribution in [2.45, 2.75) is 30.7 Å². The van der Waals surface area contributed by atoms with Crippen molar-refractivity contribution >= 4 is 15.7 Å². The summed E-state index contributed by atoms with van der Waals surface area (Å²) >= 11 is 0. The number of fused-ring (bicyclic) bond motifs is 1. The lowest BCUT2D eigenvalue weighted by atomic mass is 10.1. The molecule has 0 aliphatic heterocycles. The number of hydrogen-bond acceptors (Lipinski definition) is 4. The largest absolute Gasteiger partial charge is 0.384 e. The molecular weight excluding hydrogens is 350 g/mol. The molecule has 138 valence electrons. The first-order chi connectivity index (χ1) is 12.4. The highest BCUT2D eigenvalue weighted by Crippen LogP contribution is 2.31. The summed E-state index contributed by atoms with van der Waals surface area (Å²) in [6.45, 7) is 2.21. The molecule has 1 aliphatic carbocycles. The lowest BCUT2D eigenvalue weighted by molar-refractivity contribution is 0.0936. The summed E-state index contributed by atoms with van der Waals surface area (Å²) in [5.41, 5.74) is 4.13. The Balaban J connectivity index is 1.70. The molecule has 26 heavy (non-hydrogen) atoms. The number of aryl methyl sites for hydroxylation is 2. The molecule has 1 atom stereocenters. The van der Waals surface area contributed by atoms with Crippen LogP contribution in [-0.4, -0.2) is 33.8 Å². The minimum atomic E-state index is -3.39. The Kier molecular flexibility index (Phi) is 5.44. The SMILES string of the molecule is COCCS(=O)(=O)c1ccc(C(=O)N[C@@H]2CCc3cc(C)ccc32)cc1. The normalized spacial score (nSPS) is 16.3. The standard InChI is InChI=1S/C20H23NO4S/c1-14-3-9-18-16(13-14)6-10-19(18)21-20(22)15-4-7-17(8-5-15)26(23,24)12-11-25-2/h3-5,7-9,13,19H,6,10-12H2,1-2H3,(H,21,22)/t19-/m1/s1. The number of ether oxygens (including phenoxy) is 1. The minimum Gasteiger partial charge on any atom is -0.384 e. The zero-order chi connectivity index (χ0) is 18.7. The number of nitrogens with one attached hydrogen (secondary N) is 1. The monoisotopic (exact) mass is 373 g/mol. The van der Waals surface area contributed by atoms with Crippen LogP contribution in [0.25, 0.3) is 0 Å². The molecule has 0 spiro atoms. The summed E-state index contributed by atoms with van der Waals surface area (Å²) in [7, 11) is -1.92. The first kappa shape index (κ1) is 18.6. The fourth-order valence-electron chi connectivity index (χ4n) is 3.26. The van der Waals surface area contributed by atoms with Crippen molar-refractivity contribution in [3.8, 4) is 0 Å². The van der Waals surface area contributed by atoms with E-state index in [9.17, 15) is 13.2 Å². The van der Waals surface area contributed by atoms with Crippen LogP contribution in [-0.2, 0) is 21.0 Å². The molecule has 0 saturated heterocycles. The Morgan fingerprint density at radius 2 is 1.92 bits per heavy atom. The number of hydrogen-bond donors (Lipinski definition) is 1. The lowest BCUT2D eigenvalue weighted by Gasteiger charge is -2.14. The van der Waals surface area contributed by atoms with Gasteiger partial charge in [-0.15, -0.1) is 0 Å². The van der Waals surface area contributed by atoms with Gasteiger partial charge in [0.15, 0.2) is 9.84 Å². The number of sulfone groups is 1. The van der Waals surface area contributed by atoms with E-state index in [1.54, 1.807) is 12.1 Å². The van der Waals surface area contributed by atoms with Gasteiger partial charge in [0.05, 0.1) is 23.3 Å². The topological polar surface area (TPSA) is 72.5 Å². The van der Waals surface area contributed by atoms with Crippen LogP contribution in [0.5, 0.6) is 0 Å². The third-order valence-corrected chi connectivity index (χ3v) is 6.41. The van der Waals surface area contributed by atoms with Crippen molar-refractivity contribution in [1.82, 2.24) is 5.32 Å². The average Bonchev–Trinajstić information content (AvgIpc) is 3.02. The molecular formula is C20H23NO4S. The second kappa shape index (κ2) is 7.60. The number of carbonyl (C=O) groups excluding carboxylic acids is 1. The summed E-state index contributed by atoms with van der Waals surface area (Å²) in [4.78, 5) is 12.7. The van der Waals surface area contributed by atoms with E-state index in [1.165, 1.54) is 35.9 Å². The van der Waals surface area contributed by atoms with Gasteiger partial charge in [0.2, 0.25) is 0 Å². The molecule has 0 heterocycles. The Hall–Kier alpha value is -2.18. The van der Waals surface area contributed by atoms with Gasteiger partial charge in [-0.25, -0.2) is 8.42 Å². The van der Waals surface area contributed by atoms with E-state index in [0.29, 0.717) is 5.56 Å². The van der Waals surface area contributed by atoms with Gasteiger partial charge >= 0.3 is 0 Å². The quantitative estimate of drug-likeness (QED) is 0.845. The molecule has 1 amide bonds. The highest BCUT2D eigenvalue weighted by atomic mass is 32.2. The molecule has 1 N–H and O–H groups in total. The van der Waals surface area contributed by atoms with Crippen LogP contribution in [0, 0.1) is 6.92 Å². The molecule has 0 fully saturated rings. The first-order valence-corrected chi connectivity index (χ1v) is 10.3. The van der Waals surface area contributed by atoms with E-state index in [4.69, 9.17) is 4.74 Å². The second-order valence-electron chi connectivity index (χ2n) is 6.60. The molecule has 0 saturated carbocycles. The van der Waals surface area contributed by atoms with Crippen molar-refractivity contribution in [2.75, 3.05) is 19.5 Å². The van der Waals surface area contributed by atoms with Gasteiger partial charge < -0.3 is 10.1 Å². The number of rotatable bonds is 6. The predicted molar refractivity (Wildman–Crippen MR) is 100 cm³/mol. The summed E-state index contributed by atoms with van der Waals surface area (Å²) < 4.78 is 29.1. The lowest BCUT2D eigenvalue weighted by Crippen LogP contribution is -2.27. The molecule has 0 aromatic heterocycles. The zero-order valence-electron chi connectivity index (χ0n) is 15.0. The third kappa shape index (κ3) is 3.97.